The van der Waals surface area contributed by atoms with Gasteiger partial charge in [0.15, 0.2) is 0 Å². The summed E-state index contributed by atoms with van der Waals surface area (Å²) in [7, 11) is 0. The van der Waals surface area contributed by atoms with E-state index in [2.05, 4.69) is 84.1 Å². The Morgan fingerprint density at radius 1 is 1.10 bits per heavy atom. The van der Waals surface area contributed by atoms with Gasteiger partial charge >= 0.3 is 0 Å². The van der Waals surface area contributed by atoms with Gasteiger partial charge in [-0.1, -0.05) is 71.9 Å². The van der Waals surface area contributed by atoms with Gasteiger partial charge in [0.1, 0.15) is 18.5 Å². The van der Waals surface area contributed by atoms with Crippen LogP contribution in [-0.4, -0.2) is 43.7 Å². The lowest BCUT2D eigenvalue weighted by Crippen LogP contribution is -2.27. The van der Waals surface area contributed by atoms with Crippen LogP contribution in [-0.2, 0) is 14.2 Å². The standard InChI is InChI=1S/C26H44O4/c1-7-9-12-24(28-18-10-17-27)16-14-22(4)26(5,6)21(3)13-15-23(11-8-2)29-19-25-20-30-25/h9,11-16,21-22,24-25,27H,7-8,10,17-20H2,1-6H3/b12-9-,15-13-,16-14-,23-11+. The summed E-state index contributed by atoms with van der Waals surface area (Å²) in [5, 5.41) is 8.99. The van der Waals surface area contributed by atoms with Crippen LogP contribution < -0.4 is 0 Å². The maximum absolute atomic E-state index is 8.99. The second-order valence-electron chi connectivity index (χ2n) is 8.67. The minimum absolute atomic E-state index is 0.0438. The maximum atomic E-state index is 8.99. The molecule has 4 atom stereocenters. The molecule has 172 valence electrons. The molecule has 0 bridgehead atoms. The van der Waals surface area contributed by atoms with Crippen LogP contribution in [0.1, 0.15) is 60.8 Å². The van der Waals surface area contributed by atoms with E-state index in [9.17, 15) is 0 Å². The monoisotopic (exact) mass is 420 g/mol. The number of aliphatic hydroxyl groups is 1. The third-order valence-corrected chi connectivity index (χ3v) is 5.90. The van der Waals surface area contributed by atoms with Crippen LogP contribution in [0.4, 0.5) is 0 Å². The first-order valence-electron chi connectivity index (χ1n) is 11.5. The van der Waals surface area contributed by atoms with E-state index in [0.29, 0.717) is 31.5 Å². The molecule has 0 saturated carbocycles. The zero-order valence-electron chi connectivity index (χ0n) is 20.0. The van der Waals surface area contributed by atoms with E-state index in [-0.39, 0.29) is 24.2 Å². The Morgan fingerprint density at radius 2 is 1.80 bits per heavy atom. The topological polar surface area (TPSA) is 51.2 Å². The summed E-state index contributed by atoms with van der Waals surface area (Å²) in [4.78, 5) is 0. The average molecular weight is 421 g/mol. The van der Waals surface area contributed by atoms with E-state index in [1.54, 1.807) is 0 Å². The highest BCUT2D eigenvalue weighted by Crippen LogP contribution is 2.37. The van der Waals surface area contributed by atoms with Crippen LogP contribution in [0.5, 0.6) is 0 Å². The fraction of sp³-hybridized carbons (Fsp3) is 0.692. The molecular formula is C26H44O4. The van der Waals surface area contributed by atoms with Gasteiger partial charge in [-0.15, -0.1) is 0 Å². The third kappa shape index (κ3) is 10.6. The van der Waals surface area contributed by atoms with Crippen LogP contribution in [0.25, 0.3) is 0 Å². The quantitative estimate of drug-likeness (QED) is 0.112. The molecule has 1 rings (SSSR count). The number of hydrogen-bond donors (Lipinski definition) is 1. The fourth-order valence-corrected chi connectivity index (χ4v) is 2.89. The number of ether oxygens (including phenoxy) is 3. The molecule has 1 heterocycles. The Bertz CT molecular complexity index is 570. The highest BCUT2D eigenvalue weighted by atomic mass is 16.6. The summed E-state index contributed by atoms with van der Waals surface area (Å²) in [6.45, 7) is 15.6. The van der Waals surface area contributed by atoms with Crippen LogP contribution in [0.15, 0.2) is 48.3 Å². The Hall–Kier alpha value is -1.36. The van der Waals surface area contributed by atoms with Crippen molar-refractivity contribution in [2.75, 3.05) is 26.4 Å². The van der Waals surface area contributed by atoms with Gasteiger partial charge < -0.3 is 19.3 Å². The molecule has 1 fully saturated rings. The molecule has 4 heteroatoms. The highest BCUT2D eigenvalue weighted by molar-refractivity contribution is 5.15. The van der Waals surface area contributed by atoms with E-state index in [4.69, 9.17) is 19.3 Å². The van der Waals surface area contributed by atoms with E-state index >= 15 is 0 Å². The molecule has 1 aliphatic heterocycles. The van der Waals surface area contributed by atoms with Crippen molar-refractivity contribution in [1.82, 2.24) is 0 Å². The molecule has 0 spiro atoms. The van der Waals surface area contributed by atoms with Crippen molar-refractivity contribution in [3.05, 3.63) is 48.3 Å². The van der Waals surface area contributed by atoms with Gasteiger partial charge in [0, 0.05) is 13.2 Å². The highest BCUT2D eigenvalue weighted by Gasteiger charge is 2.29. The Labute approximate surface area is 184 Å². The molecule has 4 unspecified atom stereocenters. The van der Waals surface area contributed by atoms with Crippen LogP contribution in [0.3, 0.4) is 0 Å². The zero-order chi connectivity index (χ0) is 22.4. The number of hydrogen-bond acceptors (Lipinski definition) is 4. The van der Waals surface area contributed by atoms with Gasteiger partial charge in [0.25, 0.3) is 0 Å². The average Bonchev–Trinajstić information content (AvgIpc) is 3.55. The molecule has 0 aromatic carbocycles. The van der Waals surface area contributed by atoms with Gasteiger partial charge in [0.2, 0.25) is 0 Å². The first kappa shape index (κ1) is 26.7. The van der Waals surface area contributed by atoms with Gasteiger partial charge in [0.05, 0.1) is 12.7 Å². The van der Waals surface area contributed by atoms with Crippen LogP contribution in [0.2, 0.25) is 0 Å². The Kier molecular flexibility index (Phi) is 13.0. The minimum Gasteiger partial charge on any atom is -0.491 e. The number of aliphatic hydroxyl groups excluding tert-OH is 1. The smallest absolute Gasteiger partial charge is 0.117 e. The van der Waals surface area contributed by atoms with E-state index in [0.717, 1.165) is 25.2 Å². The van der Waals surface area contributed by atoms with Crippen molar-refractivity contribution in [1.29, 1.82) is 0 Å². The molecule has 0 aromatic heterocycles. The van der Waals surface area contributed by atoms with Crippen molar-refractivity contribution in [2.24, 2.45) is 17.3 Å². The third-order valence-electron chi connectivity index (χ3n) is 5.90. The van der Waals surface area contributed by atoms with Crippen LogP contribution >= 0.6 is 0 Å². The summed E-state index contributed by atoms with van der Waals surface area (Å²) >= 11 is 0. The number of rotatable bonds is 16. The molecule has 1 N–H and O–H groups in total. The Morgan fingerprint density at radius 3 is 2.40 bits per heavy atom. The largest absolute Gasteiger partial charge is 0.491 e. The summed E-state index contributed by atoms with van der Waals surface area (Å²) in [6, 6.07) is 0. The number of epoxide rings is 1. The van der Waals surface area contributed by atoms with Crippen molar-refractivity contribution >= 4 is 0 Å². The summed E-state index contributed by atoms with van der Waals surface area (Å²) in [5.74, 6) is 1.68. The molecule has 0 radical (unpaired) electrons. The minimum atomic E-state index is -0.0438. The lowest BCUT2D eigenvalue weighted by Gasteiger charge is -2.35. The molecule has 30 heavy (non-hydrogen) atoms. The van der Waals surface area contributed by atoms with E-state index in [1.807, 2.05) is 0 Å². The summed E-state index contributed by atoms with van der Waals surface area (Å²) < 4.78 is 17.0. The molecule has 1 aliphatic rings. The lowest BCUT2D eigenvalue weighted by atomic mass is 9.70. The van der Waals surface area contributed by atoms with Crippen molar-refractivity contribution in [3.8, 4) is 0 Å². The second-order valence-corrected chi connectivity index (χ2v) is 8.67. The van der Waals surface area contributed by atoms with Gasteiger partial charge in [-0.25, -0.2) is 0 Å². The molecular weight excluding hydrogens is 376 g/mol. The first-order chi connectivity index (χ1) is 14.3. The number of allylic oxidation sites excluding steroid dienone is 5. The SMILES string of the molecule is CC/C=C\C(/C=C\C(C)C(C)(C)C(C)/C=C\C(=C/CC)OCC1CO1)OCCCO. The molecule has 1 saturated heterocycles. The Balaban J connectivity index is 2.70. The zero-order valence-corrected chi connectivity index (χ0v) is 20.0. The summed E-state index contributed by atoms with van der Waals surface area (Å²) in [5.41, 5.74) is 0.0774. The molecule has 0 amide bonds. The van der Waals surface area contributed by atoms with Gasteiger partial charge in [-0.2, -0.15) is 0 Å². The normalized spacial score (nSPS) is 20.9. The van der Waals surface area contributed by atoms with Crippen molar-refractivity contribution in [3.63, 3.8) is 0 Å². The fourth-order valence-electron chi connectivity index (χ4n) is 2.89. The van der Waals surface area contributed by atoms with Gasteiger partial charge in [-0.05, 0) is 48.7 Å². The predicted molar refractivity (Wildman–Crippen MR) is 125 cm³/mol. The molecule has 4 nitrogen and oxygen atoms in total. The van der Waals surface area contributed by atoms with E-state index in [1.165, 1.54) is 0 Å². The maximum Gasteiger partial charge on any atom is 0.117 e. The predicted octanol–water partition coefficient (Wildman–Crippen LogP) is 5.84. The summed E-state index contributed by atoms with van der Waals surface area (Å²) in [6.07, 6.45) is 17.9. The molecule has 0 aliphatic carbocycles. The van der Waals surface area contributed by atoms with Gasteiger partial charge in [-0.3, -0.25) is 0 Å². The van der Waals surface area contributed by atoms with Crippen molar-refractivity contribution in [2.45, 2.75) is 73.0 Å². The molecule has 0 aromatic rings. The second kappa shape index (κ2) is 14.6. The first-order valence-corrected chi connectivity index (χ1v) is 11.5. The van der Waals surface area contributed by atoms with E-state index < -0.39 is 0 Å². The lowest BCUT2D eigenvalue weighted by molar-refractivity contribution is 0.0983. The van der Waals surface area contributed by atoms with Crippen LogP contribution in [0, 0.1) is 17.3 Å². The van der Waals surface area contributed by atoms with Crippen molar-refractivity contribution < 1.29 is 19.3 Å².